The third kappa shape index (κ3) is 2.24. The number of carbonyl (C=O) groups excluding carboxylic acids is 3. The standard InChI is InChI=1S/C9H11NO3/c1-2-3-7(11)6-10-8(12)4-5-9(10)13/h4-5H,2-3,6H2,1H3. The summed E-state index contributed by atoms with van der Waals surface area (Å²) >= 11 is 0. The molecule has 1 rings (SSSR count). The van der Waals surface area contributed by atoms with E-state index in [2.05, 4.69) is 0 Å². The number of imide groups is 1. The van der Waals surface area contributed by atoms with E-state index in [0.29, 0.717) is 6.42 Å². The predicted molar refractivity (Wildman–Crippen MR) is 45.8 cm³/mol. The second kappa shape index (κ2) is 3.98. The zero-order valence-electron chi connectivity index (χ0n) is 7.45. The van der Waals surface area contributed by atoms with E-state index in [1.807, 2.05) is 6.92 Å². The topological polar surface area (TPSA) is 54.5 Å². The Hall–Kier alpha value is -1.45. The van der Waals surface area contributed by atoms with Crippen LogP contribution in [0.2, 0.25) is 0 Å². The molecule has 0 bridgehead atoms. The highest BCUT2D eigenvalue weighted by atomic mass is 16.2. The molecule has 1 aliphatic rings. The molecule has 13 heavy (non-hydrogen) atoms. The van der Waals surface area contributed by atoms with Crippen LogP contribution in [-0.2, 0) is 14.4 Å². The maximum absolute atomic E-state index is 11.1. The minimum atomic E-state index is -0.394. The van der Waals surface area contributed by atoms with Crippen LogP contribution in [0.5, 0.6) is 0 Å². The SMILES string of the molecule is CCCC(=O)CN1C(=O)C=CC1=O. The van der Waals surface area contributed by atoms with Gasteiger partial charge in [0.2, 0.25) is 0 Å². The monoisotopic (exact) mass is 181 g/mol. The second-order valence-electron chi connectivity index (χ2n) is 2.88. The number of ketones is 1. The molecule has 0 saturated heterocycles. The van der Waals surface area contributed by atoms with E-state index in [0.717, 1.165) is 11.3 Å². The van der Waals surface area contributed by atoms with Gasteiger partial charge in [-0.15, -0.1) is 0 Å². The third-order valence-corrected chi connectivity index (χ3v) is 1.76. The number of Topliss-reactive ketones (excluding diaryl/α,β-unsaturated/α-hetero) is 1. The summed E-state index contributed by atoms with van der Waals surface area (Å²) in [5.74, 6) is -0.864. The Morgan fingerprint density at radius 3 is 2.31 bits per heavy atom. The van der Waals surface area contributed by atoms with Crippen LogP contribution >= 0.6 is 0 Å². The number of hydrogen-bond acceptors (Lipinski definition) is 3. The maximum Gasteiger partial charge on any atom is 0.254 e. The van der Waals surface area contributed by atoms with E-state index in [4.69, 9.17) is 0 Å². The Kier molecular flexibility index (Phi) is 2.95. The summed E-state index contributed by atoms with van der Waals surface area (Å²) in [5.41, 5.74) is 0. The lowest BCUT2D eigenvalue weighted by molar-refractivity contribution is -0.140. The first-order chi connectivity index (χ1) is 6.15. The van der Waals surface area contributed by atoms with Gasteiger partial charge in [-0.2, -0.15) is 0 Å². The van der Waals surface area contributed by atoms with Gasteiger partial charge in [0.1, 0.15) is 0 Å². The number of rotatable bonds is 4. The van der Waals surface area contributed by atoms with Gasteiger partial charge in [0.15, 0.2) is 5.78 Å². The quantitative estimate of drug-likeness (QED) is 0.585. The molecule has 0 N–H and O–H groups in total. The zero-order valence-corrected chi connectivity index (χ0v) is 7.45. The second-order valence-corrected chi connectivity index (χ2v) is 2.88. The van der Waals surface area contributed by atoms with Gasteiger partial charge >= 0.3 is 0 Å². The summed E-state index contributed by atoms with van der Waals surface area (Å²) in [4.78, 5) is 34.1. The fraction of sp³-hybridized carbons (Fsp3) is 0.444. The van der Waals surface area contributed by atoms with Crippen molar-refractivity contribution in [2.75, 3.05) is 6.54 Å². The molecule has 70 valence electrons. The van der Waals surface area contributed by atoms with Gasteiger partial charge in [-0.3, -0.25) is 19.3 Å². The first kappa shape index (κ1) is 9.64. The molecule has 2 amide bonds. The van der Waals surface area contributed by atoms with E-state index in [9.17, 15) is 14.4 Å². The lowest BCUT2D eigenvalue weighted by Crippen LogP contribution is -2.34. The van der Waals surface area contributed by atoms with Crippen molar-refractivity contribution in [3.63, 3.8) is 0 Å². The van der Waals surface area contributed by atoms with Gasteiger partial charge in [-0.05, 0) is 6.42 Å². The van der Waals surface area contributed by atoms with Crippen LogP contribution in [-0.4, -0.2) is 29.0 Å². The predicted octanol–water partition coefficient (Wildman–Crippen LogP) is 0.281. The van der Waals surface area contributed by atoms with Crippen molar-refractivity contribution in [1.82, 2.24) is 4.90 Å². The van der Waals surface area contributed by atoms with Crippen molar-refractivity contribution >= 4 is 17.6 Å². The number of hydrogen-bond donors (Lipinski definition) is 0. The molecule has 0 unspecified atom stereocenters. The van der Waals surface area contributed by atoms with Gasteiger partial charge in [0.25, 0.3) is 11.8 Å². The van der Waals surface area contributed by atoms with E-state index < -0.39 is 11.8 Å². The molecule has 0 aromatic carbocycles. The van der Waals surface area contributed by atoms with E-state index in [1.165, 1.54) is 12.2 Å². The molecule has 0 atom stereocenters. The van der Waals surface area contributed by atoms with Gasteiger partial charge in [0, 0.05) is 18.6 Å². The van der Waals surface area contributed by atoms with Crippen molar-refractivity contribution in [3.8, 4) is 0 Å². The molecule has 4 nitrogen and oxygen atoms in total. The van der Waals surface area contributed by atoms with Crippen LogP contribution in [0.1, 0.15) is 19.8 Å². The molecule has 0 aromatic rings. The highest BCUT2D eigenvalue weighted by Gasteiger charge is 2.24. The summed E-state index contributed by atoms with van der Waals surface area (Å²) in [5, 5.41) is 0. The minimum absolute atomic E-state index is 0.0760. The molecule has 0 saturated carbocycles. The van der Waals surface area contributed by atoms with Crippen molar-refractivity contribution in [3.05, 3.63) is 12.2 Å². The molecular formula is C9H11NO3. The summed E-state index contributed by atoms with van der Waals surface area (Å²) in [6.07, 6.45) is 3.52. The smallest absolute Gasteiger partial charge is 0.254 e. The van der Waals surface area contributed by atoms with Crippen molar-refractivity contribution < 1.29 is 14.4 Å². The van der Waals surface area contributed by atoms with Crippen molar-refractivity contribution in [2.24, 2.45) is 0 Å². The Labute approximate surface area is 76.2 Å². The lowest BCUT2D eigenvalue weighted by atomic mass is 10.2. The third-order valence-electron chi connectivity index (χ3n) is 1.76. The summed E-state index contributed by atoms with van der Waals surface area (Å²) in [7, 11) is 0. The highest BCUT2D eigenvalue weighted by Crippen LogP contribution is 2.04. The van der Waals surface area contributed by atoms with Gasteiger partial charge in [-0.25, -0.2) is 0 Å². The molecule has 1 heterocycles. The van der Waals surface area contributed by atoms with Crippen LogP contribution in [0.25, 0.3) is 0 Å². The largest absolute Gasteiger partial charge is 0.298 e. The van der Waals surface area contributed by atoms with Gasteiger partial charge < -0.3 is 0 Å². The van der Waals surface area contributed by atoms with Crippen LogP contribution < -0.4 is 0 Å². The van der Waals surface area contributed by atoms with Crippen molar-refractivity contribution in [1.29, 1.82) is 0 Å². The van der Waals surface area contributed by atoms with E-state index in [-0.39, 0.29) is 12.3 Å². The molecule has 0 aromatic heterocycles. The summed E-state index contributed by atoms with van der Waals surface area (Å²) in [6, 6.07) is 0. The Morgan fingerprint density at radius 2 is 1.85 bits per heavy atom. The molecule has 0 spiro atoms. The van der Waals surface area contributed by atoms with Gasteiger partial charge in [0.05, 0.1) is 6.54 Å². The fourth-order valence-corrected chi connectivity index (χ4v) is 1.12. The van der Waals surface area contributed by atoms with Crippen LogP contribution in [0.15, 0.2) is 12.2 Å². The average molecular weight is 181 g/mol. The van der Waals surface area contributed by atoms with Gasteiger partial charge in [-0.1, -0.05) is 6.92 Å². The molecule has 0 aliphatic carbocycles. The first-order valence-corrected chi connectivity index (χ1v) is 4.20. The molecule has 1 aliphatic heterocycles. The highest BCUT2D eigenvalue weighted by molar-refractivity contribution is 6.14. The van der Waals surface area contributed by atoms with E-state index >= 15 is 0 Å². The Balaban J connectivity index is 2.50. The normalized spacial score (nSPS) is 15.6. The Bertz CT molecular complexity index is 263. The molecular weight excluding hydrogens is 170 g/mol. The summed E-state index contributed by atoms with van der Waals surface area (Å²) in [6.45, 7) is 1.79. The average Bonchev–Trinajstić information content (AvgIpc) is 2.36. The first-order valence-electron chi connectivity index (χ1n) is 4.20. The molecule has 0 radical (unpaired) electrons. The van der Waals surface area contributed by atoms with Crippen LogP contribution in [0.3, 0.4) is 0 Å². The van der Waals surface area contributed by atoms with Crippen molar-refractivity contribution in [2.45, 2.75) is 19.8 Å². The maximum atomic E-state index is 11.1. The Morgan fingerprint density at radius 1 is 1.31 bits per heavy atom. The van der Waals surface area contributed by atoms with E-state index in [1.54, 1.807) is 0 Å². The summed E-state index contributed by atoms with van der Waals surface area (Å²) < 4.78 is 0. The fourth-order valence-electron chi connectivity index (χ4n) is 1.12. The number of amides is 2. The number of carbonyl (C=O) groups is 3. The van der Waals surface area contributed by atoms with Crippen LogP contribution in [0, 0.1) is 0 Å². The number of nitrogens with zero attached hydrogens (tertiary/aromatic N) is 1. The zero-order chi connectivity index (χ0) is 9.84. The molecule has 4 heteroatoms. The minimum Gasteiger partial charge on any atom is -0.298 e. The lowest BCUT2D eigenvalue weighted by Gasteiger charge is -2.11. The van der Waals surface area contributed by atoms with Crippen LogP contribution in [0.4, 0.5) is 0 Å². The molecule has 0 fully saturated rings.